The Kier molecular flexibility index (Phi) is 6.93. The first-order valence-corrected chi connectivity index (χ1v) is 8.70. The van der Waals surface area contributed by atoms with Crippen molar-refractivity contribution in [3.8, 4) is 23.0 Å². The van der Waals surface area contributed by atoms with Gasteiger partial charge in [0.2, 0.25) is 5.91 Å². The van der Waals surface area contributed by atoms with Crippen molar-refractivity contribution in [2.24, 2.45) is 5.92 Å². The van der Waals surface area contributed by atoms with E-state index < -0.39 is 0 Å². The van der Waals surface area contributed by atoms with Gasteiger partial charge < -0.3 is 24.3 Å². The first kappa shape index (κ1) is 20.4. The van der Waals surface area contributed by atoms with Crippen LogP contribution in [0.4, 0.5) is 5.69 Å². The summed E-state index contributed by atoms with van der Waals surface area (Å²) in [6.07, 6.45) is 0. The molecule has 6 heteroatoms. The van der Waals surface area contributed by atoms with E-state index in [0.717, 1.165) is 5.56 Å². The minimum atomic E-state index is -0.349. The van der Waals surface area contributed by atoms with Gasteiger partial charge in [-0.05, 0) is 35.7 Å². The van der Waals surface area contributed by atoms with Crippen molar-refractivity contribution in [3.05, 3.63) is 42.0 Å². The number of benzene rings is 2. The Hall–Kier alpha value is -2.89. The highest BCUT2D eigenvalue weighted by molar-refractivity contribution is 5.96. The average Bonchev–Trinajstić information content (AvgIpc) is 2.67. The van der Waals surface area contributed by atoms with Crippen LogP contribution in [0.3, 0.4) is 0 Å². The van der Waals surface area contributed by atoms with Crippen molar-refractivity contribution in [2.75, 3.05) is 33.8 Å². The topological polar surface area (TPSA) is 66.0 Å². The fourth-order valence-electron chi connectivity index (χ4n) is 3.02. The van der Waals surface area contributed by atoms with Gasteiger partial charge in [0, 0.05) is 11.8 Å². The van der Waals surface area contributed by atoms with E-state index in [1.807, 2.05) is 32.0 Å². The number of anilines is 1. The molecule has 0 spiro atoms. The molecule has 0 aliphatic rings. The molecule has 0 saturated carbocycles. The summed E-state index contributed by atoms with van der Waals surface area (Å²) in [6.45, 7) is 4.02. The molecule has 2 rings (SSSR count). The Bertz CT molecular complexity index is 788. The second-order valence-corrected chi connectivity index (χ2v) is 6.40. The summed E-state index contributed by atoms with van der Waals surface area (Å²) < 4.78 is 21.2. The summed E-state index contributed by atoms with van der Waals surface area (Å²) in [5.74, 6) is 2.02. The van der Waals surface area contributed by atoms with Gasteiger partial charge in [0.15, 0.2) is 23.0 Å². The van der Waals surface area contributed by atoms with Crippen molar-refractivity contribution in [2.45, 2.75) is 19.8 Å². The molecule has 6 nitrogen and oxygen atoms in total. The predicted molar refractivity (Wildman–Crippen MR) is 105 cm³/mol. The molecule has 1 unspecified atom stereocenters. The lowest BCUT2D eigenvalue weighted by Gasteiger charge is -2.22. The molecule has 0 radical (unpaired) electrons. The van der Waals surface area contributed by atoms with E-state index in [2.05, 4.69) is 5.32 Å². The fraction of sp³-hybridized carbons (Fsp3) is 0.381. The number of hydrogen-bond acceptors (Lipinski definition) is 5. The van der Waals surface area contributed by atoms with Crippen LogP contribution in [-0.4, -0.2) is 34.3 Å². The highest BCUT2D eigenvalue weighted by Crippen LogP contribution is 2.35. The molecule has 2 aromatic rings. The monoisotopic (exact) mass is 373 g/mol. The minimum Gasteiger partial charge on any atom is -0.493 e. The third-order valence-corrected chi connectivity index (χ3v) is 4.37. The maximum Gasteiger partial charge on any atom is 0.232 e. The Labute approximate surface area is 160 Å². The Balaban J connectivity index is 2.30. The van der Waals surface area contributed by atoms with Crippen LogP contribution in [0.1, 0.15) is 25.3 Å². The summed E-state index contributed by atoms with van der Waals surface area (Å²) in [6, 6.07) is 10.8. The van der Waals surface area contributed by atoms with Crippen LogP contribution >= 0.6 is 0 Å². The number of methoxy groups -OCH3 is 4. The minimum absolute atomic E-state index is 0.0863. The molecule has 0 bridgehead atoms. The average molecular weight is 373 g/mol. The lowest BCUT2D eigenvalue weighted by atomic mass is 9.87. The van der Waals surface area contributed by atoms with Gasteiger partial charge in [-0.2, -0.15) is 0 Å². The smallest absolute Gasteiger partial charge is 0.232 e. The first-order valence-electron chi connectivity index (χ1n) is 8.70. The Morgan fingerprint density at radius 1 is 0.778 bits per heavy atom. The van der Waals surface area contributed by atoms with Gasteiger partial charge in [-0.1, -0.05) is 19.9 Å². The van der Waals surface area contributed by atoms with Crippen LogP contribution in [0.2, 0.25) is 0 Å². The highest BCUT2D eigenvalue weighted by atomic mass is 16.5. The standard InChI is InChI=1S/C21H27NO5/c1-13(2)20(14-7-9-16(24-3)18(11-14)26-5)21(23)22-15-8-10-17(25-4)19(12-15)27-6/h7-13,20H,1-6H3,(H,22,23). The van der Waals surface area contributed by atoms with E-state index in [1.54, 1.807) is 46.6 Å². The molecule has 0 aliphatic carbocycles. The van der Waals surface area contributed by atoms with E-state index in [0.29, 0.717) is 28.7 Å². The van der Waals surface area contributed by atoms with Gasteiger partial charge in [0.25, 0.3) is 0 Å². The van der Waals surface area contributed by atoms with E-state index in [9.17, 15) is 4.79 Å². The highest BCUT2D eigenvalue weighted by Gasteiger charge is 2.26. The molecule has 0 fully saturated rings. The lowest BCUT2D eigenvalue weighted by molar-refractivity contribution is -0.118. The second kappa shape index (κ2) is 9.16. The zero-order chi connectivity index (χ0) is 20.0. The molecule has 0 aliphatic heterocycles. The molecule has 0 aromatic heterocycles. The van der Waals surface area contributed by atoms with Gasteiger partial charge in [-0.3, -0.25) is 4.79 Å². The summed E-state index contributed by atoms with van der Waals surface area (Å²) in [5, 5.41) is 2.97. The first-order chi connectivity index (χ1) is 12.9. The molecule has 2 aromatic carbocycles. The number of amides is 1. The van der Waals surface area contributed by atoms with Crippen LogP contribution in [0, 0.1) is 5.92 Å². The van der Waals surface area contributed by atoms with Crippen LogP contribution in [0.25, 0.3) is 0 Å². The quantitative estimate of drug-likeness (QED) is 0.755. The number of carbonyl (C=O) groups is 1. The van der Waals surface area contributed by atoms with Crippen molar-refractivity contribution < 1.29 is 23.7 Å². The van der Waals surface area contributed by atoms with E-state index in [4.69, 9.17) is 18.9 Å². The second-order valence-electron chi connectivity index (χ2n) is 6.40. The van der Waals surface area contributed by atoms with Crippen LogP contribution in [0.15, 0.2) is 36.4 Å². The number of nitrogens with one attached hydrogen (secondary N) is 1. The Morgan fingerprint density at radius 2 is 1.30 bits per heavy atom. The molecule has 1 amide bonds. The summed E-state index contributed by atoms with van der Waals surface area (Å²) in [4.78, 5) is 13.0. The molecule has 146 valence electrons. The fourth-order valence-corrected chi connectivity index (χ4v) is 3.02. The SMILES string of the molecule is COc1ccc(NC(=O)C(c2ccc(OC)c(OC)c2)C(C)C)cc1OC. The zero-order valence-corrected chi connectivity index (χ0v) is 16.7. The van der Waals surface area contributed by atoms with Crippen molar-refractivity contribution in [1.29, 1.82) is 0 Å². The summed E-state index contributed by atoms with van der Waals surface area (Å²) >= 11 is 0. The van der Waals surface area contributed by atoms with Gasteiger partial charge in [-0.25, -0.2) is 0 Å². The largest absolute Gasteiger partial charge is 0.493 e. The normalized spacial score (nSPS) is 11.7. The number of hydrogen-bond donors (Lipinski definition) is 1. The zero-order valence-electron chi connectivity index (χ0n) is 16.7. The predicted octanol–water partition coefficient (Wildman–Crippen LogP) is 4.10. The third-order valence-electron chi connectivity index (χ3n) is 4.37. The Morgan fingerprint density at radius 3 is 1.81 bits per heavy atom. The number of ether oxygens (including phenoxy) is 4. The molecule has 1 N–H and O–H groups in total. The van der Waals surface area contributed by atoms with Gasteiger partial charge in [0.05, 0.1) is 34.4 Å². The molecular formula is C21H27NO5. The van der Waals surface area contributed by atoms with Crippen molar-refractivity contribution in [1.82, 2.24) is 0 Å². The number of rotatable bonds is 8. The maximum absolute atomic E-state index is 13.0. The third kappa shape index (κ3) is 4.64. The molecule has 0 saturated heterocycles. The summed E-state index contributed by atoms with van der Waals surface area (Å²) in [5.41, 5.74) is 1.50. The summed E-state index contributed by atoms with van der Waals surface area (Å²) in [7, 11) is 6.29. The molecule has 0 heterocycles. The van der Waals surface area contributed by atoms with E-state index in [-0.39, 0.29) is 17.7 Å². The van der Waals surface area contributed by atoms with Crippen LogP contribution in [-0.2, 0) is 4.79 Å². The lowest BCUT2D eigenvalue weighted by Crippen LogP contribution is -2.25. The van der Waals surface area contributed by atoms with Gasteiger partial charge in [0.1, 0.15) is 0 Å². The molecule has 27 heavy (non-hydrogen) atoms. The van der Waals surface area contributed by atoms with Crippen molar-refractivity contribution >= 4 is 11.6 Å². The van der Waals surface area contributed by atoms with Crippen LogP contribution < -0.4 is 24.3 Å². The molecule has 1 atom stereocenters. The van der Waals surface area contributed by atoms with Crippen LogP contribution in [0.5, 0.6) is 23.0 Å². The maximum atomic E-state index is 13.0. The number of carbonyl (C=O) groups excluding carboxylic acids is 1. The van der Waals surface area contributed by atoms with E-state index >= 15 is 0 Å². The van der Waals surface area contributed by atoms with Gasteiger partial charge in [-0.15, -0.1) is 0 Å². The van der Waals surface area contributed by atoms with Crippen molar-refractivity contribution in [3.63, 3.8) is 0 Å². The van der Waals surface area contributed by atoms with E-state index in [1.165, 1.54) is 0 Å². The molecular weight excluding hydrogens is 346 g/mol. The van der Waals surface area contributed by atoms with Gasteiger partial charge >= 0.3 is 0 Å².